The number of aliphatic hydroxyl groups is 1. The molecule has 4 aliphatic rings. The zero-order chi connectivity index (χ0) is 48.0. The van der Waals surface area contributed by atoms with Crippen LogP contribution >= 0.6 is 0 Å². The fraction of sp³-hybridized carbons (Fsp3) is 0.893. The molecule has 1 N–H and O–H groups in total. The minimum absolute atomic E-state index is 0.0233. The van der Waals surface area contributed by atoms with Crippen LogP contribution in [-0.2, 0) is 38.1 Å². The number of ether oxygens (including phenoxy) is 4. The molecule has 0 aromatic rings. The third-order valence-electron chi connectivity index (χ3n) is 16.7. The lowest BCUT2D eigenvalue weighted by atomic mass is 9.47. The Hall–Kier alpha value is -2.46. The largest absolute Gasteiger partial charge is 0.466 e. The van der Waals surface area contributed by atoms with Gasteiger partial charge in [-0.05, 0) is 131 Å². The van der Waals surface area contributed by atoms with Gasteiger partial charge in [-0.25, -0.2) is 0 Å². The Labute approximate surface area is 402 Å². The second-order valence-electron chi connectivity index (χ2n) is 22.6. The van der Waals surface area contributed by atoms with Gasteiger partial charge >= 0.3 is 23.9 Å². The Bertz CT molecular complexity index is 1480. The fourth-order valence-corrected chi connectivity index (χ4v) is 13.0. The van der Waals surface area contributed by atoms with Crippen molar-refractivity contribution in [3.8, 4) is 0 Å². The monoisotopic (exact) mass is 928 g/mol. The first-order valence-corrected chi connectivity index (χ1v) is 27.3. The van der Waals surface area contributed by atoms with Crippen molar-refractivity contribution in [3.63, 3.8) is 0 Å². The van der Waals surface area contributed by atoms with Crippen molar-refractivity contribution in [3.05, 3.63) is 11.6 Å². The minimum Gasteiger partial charge on any atom is -0.466 e. The van der Waals surface area contributed by atoms with Crippen LogP contribution in [0.4, 0.5) is 0 Å². The molecule has 0 spiro atoms. The number of hydrogen-bond donors (Lipinski definition) is 1. The lowest BCUT2D eigenvalue weighted by Crippen LogP contribution is -2.51. The molecule has 9 atom stereocenters. The van der Waals surface area contributed by atoms with E-state index in [1.165, 1.54) is 82.6 Å². The van der Waals surface area contributed by atoms with E-state index in [-0.39, 0.29) is 55.5 Å². The topological polar surface area (TPSA) is 129 Å². The fourth-order valence-electron chi connectivity index (χ4n) is 13.0. The summed E-state index contributed by atoms with van der Waals surface area (Å²) in [6.07, 6.45) is 30.1. The molecule has 10 heteroatoms. The van der Waals surface area contributed by atoms with E-state index < -0.39 is 12.1 Å². The highest BCUT2D eigenvalue weighted by Gasteiger charge is 2.59. The van der Waals surface area contributed by atoms with Crippen molar-refractivity contribution in [1.82, 2.24) is 4.90 Å². The molecular formula is C56H97NO9. The van der Waals surface area contributed by atoms with Crippen LogP contribution in [0.5, 0.6) is 0 Å². The summed E-state index contributed by atoms with van der Waals surface area (Å²) in [4.78, 5) is 52.5. The van der Waals surface area contributed by atoms with Crippen molar-refractivity contribution in [2.24, 2.45) is 46.3 Å². The smallest absolute Gasteiger partial charge is 0.306 e. The van der Waals surface area contributed by atoms with E-state index in [1.54, 1.807) is 0 Å². The molecule has 0 heterocycles. The molecule has 0 aromatic heterocycles. The number of likely N-dealkylation sites (N-methyl/N-ethyl adjacent to an activating group) is 1. The zero-order valence-corrected chi connectivity index (χ0v) is 43.2. The van der Waals surface area contributed by atoms with Crippen LogP contribution in [-0.4, -0.2) is 86.6 Å². The number of fused-ring (bicyclic) bond motifs is 5. The van der Waals surface area contributed by atoms with Gasteiger partial charge in [-0.3, -0.25) is 19.2 Å². The molecule has 4 rings (SSSR count). The predicted molar refractivity (Wildman–Crippen MR) is 263 cm³/mol. The summed E-state index contributed by atoms with van der Waals surface area (Å²) < 4.78 is 22.6. The summed E-state index contributed by atoms with van der Waals surface area (Å²) in [5.41, 5.74) is 2.15. The van der Waals surface area contributed by atoms with Gasteiger partial charge in [-0.2, -0.15) is 0 Å². The van der Waals surface area contributed by atoms with E-state index in [9.17, 15) is 19.2 Å². The number of carbonyl (C=O) groups is 4. The Kier molecular flexibility index (Phi) is 25.1. The lowest BCUT2D eigenvalue weighted by molar-refractivity contribution is -0.161. The first kappa shape index (κ1) is 56.1. The summed E-state index contributed by atoms with van der Waals surface area (Å²) in [7, 11) is 3.76. The highest BCUT2D eigenvalue weighted by atomic mass is 16.6. The quantitative estimate of drug-likeness (QED) is 0.0294. The van der Waals surface area contributed by atoms with Crippen LogP contribution in [0.2, 0.25) is 0 Å². The average Bonchev–Trinajstić information content (AvgIpc) is 3.63. The van der Waals surface area contributed by atoms with Crippen molar-refractivity contribution in [2.75, 3.05) is 40.5 Å². The number of nitrogens with zero attached hydrogens (tertiary/aromatic N) is 1. The summed E-state index contributed by atoms with van der Waals surface area (Å²) in [5.74, 6) is 3.51. The van der Waals surface area contributed by atoms with Gasteiger partial charge in [0.15, 0.2) is 0 Å². The van der Waals surface area contributed by atoms with Crippen LogP contribution in [0, 0.1) is 46.3 Å². The van der Waals surface area contributed by atoms with Gasteiger partial charge in [-0.15, -0.1) is 0 Å². The Morgan fingerprint density at radius 2 is 1.30 bits per heavy atom. The van der Waals surface area contributed by atoms with Crippen molar-refractivity contribution < 1.29 is 43.2 Å². The molecule has 0 bridgehead atoms. The average molecular weight is 928 g/mol. The number of hydrogen-bond acceptors (Lipinski definition) is 10. The maximum atomic E-state index is 13.0. The predicted octanol–water partition coefficient (Wildman–Crippen LogP) is 12.5. The van der Waals surface area contributed by atoms with E-state index in [4.69, 9.17) is 24.1 Å². The first-order valence-electron chi connectivity index (χ1n) is 27.3. The Morgan fingerprint density at radius 3 is 1.97 bits per heavy atom. The Morgan fingerprint density at radius 1 is 0.682 bits per heavy atom. The van der Waals surface area contributed by atoms with E-state index in [1.807, 2.05) is 19.0 Å². The number of rotatable bonds is 33. The third kappa shape index (κ3) is 18.5. The van der Waals surface area contributed by atoms with Crippen LogP contribution in [0.1, 0.15) is 221 Å². The van der Waals surface area contributed by atoms with Crippen LogP contribution in [0.25, 0.3) is 0 Å². The highest BCUT2D eigenvalue weighted by molar-refractivity contribution is 5.77. The van der Waals surface area contributed by atoms with E-state index in [2.05, 4.69) is 40.7 Å². The van der Waals surface area contributed by atoms with Gasteiger partial charge < -0.3 is 29.0 Å². The van der Waals surface area contributed by atoms with Crippen molar-refractivity contribution in [2.45, 2.75) is 233 Å². The maximum absolute atomic E-state index is 13.0. The normalized spacial score (nSPS) is 26.8. The maximum Gasteiger partial charge on any atom is 0.306 e. The van der Waals surface area contributed by atoms with Crippen LogP contribution in [0.15, 0.2) is 11.6 Å². The number of esters is 4. The molecule has 380 valence electrons. The van der Waals surface area contributed by atoms with E-state index in [0.29, 0.717) is 37.3 Å². The van der Waals surface area contributed by atoms with E-state index >= 15 is 0 Å². The van der Waals surface area contributed by atoms with Crippen molar-refractivity contribution >= 4 is 23.9 Å². The molecule has 0 aliphatic heterocycles. The van der Waals surface area contributed by atoms with Gasteiger partial charge in [0.1, 0.15) is 18.8 Å². The van der Waals surface area contributed by atoms with Gasteiger partial charge in [0, 0.05) is 32.4 Å². The molecule has 3 fully saturated rings. The van der Waals surface area contributed by atoms with Gasteiger partial charge in [-0.1, -0.05) is 130 Å². The highest BCUT2D eigenvalue weighted by Crippen LogP contribution is 2.67. The van der Waals surface area contributed by atoms with Crippen LogP contribution < -0.4 is 0 Å². The Balaban J connectivity index is 1.05. The summed E-state index contributed by atoms with van der Waals surface area (Å²) >= 11 is 0. The molecule has 66 heavy (non-hydrogen) atoms. The molecular weight excluding hydrogens is 831 g/mol. The molecule has 4 aliphatic carbocycles. The van der Waals surface area contributed by atoms with Crippen molar-refractivity contribution in [1.29, 1.82) is 0 Å². The molecule has 0 saturated heterocycles. The molecule has 9 unspecified atom stereocenters. The number of aliphatic hydroxyl groups excluding tert-OH is 1. The summed E-state index contributed by atoms with van der Waals surface area (Å²) in [6.45, 7) is 13.6. The molecule has 3 saturated carbocycles. The standard InChI is InChI=1S/C56H97NO9/c1-42(2)23-22-24-43(3)48-29-30-49-47-28-27-44-39-45(33-35-55(44,4)50(47)34-36-56(48,49)5)65-54(62)32-31-52(60)64-41-46(40-57(6)7)66-53(61)26-19-15-11-10-14-18-25-51(59)63-38-21-17-13-9-8-12-16-20-37-58/h27,42-43,45-50,58H,8-26,28-41H2,1-7H3. The minimum atomic E-state index is -0.591. The van der Waals surface area contributed by atoms with Gasteiger partial charge in [0.2, 0.25) is 0 Å². The summed E-state index contributed by atoms with van der Waals surface area (Å²) in [5, 5.41) is 8.83. The number of carbonyl (C=O) groups excluding carboxylic acids is 4. The SMILES string of the molecule is CC(C)CCCC(C)C1CCC2C3CC=C4CC(OC(=O)CCC(=O)OCC(CN(C)C)OC(=O)CCCCCCCCC(=O)OCCCCCCCCCCO)CCC4(C)C3CCC12C. The third-order valence-corrected chi connectivity index (χ3v) is 16.7. The first-order chi connectivity index (χ1) is 31.7. The second-order valence-corrected chi connectivity index (χ2v) is 22.6. The molecule has 10 nitrogen and oxygen atoms in total. The summed E-state index contributed by atoms with van der Waals surface area (Å²) in [6, 6.07) is 0. The second kappa shape index (κ2) is 29.5. The zero-order valence-electron chi connectivity index (χ0n) is 43.2. The van der Waals surface area contributed by atoms with E-state index in [0.717, 1.165) is 113 Å². The van der Waals surface area contributed by atoms with Gasteiger partial charge in [0.05, 0.1) is 19.4 Å². The lowest BCUT2D eigenvalue weighted by Gasteiger charge is -2.58. The molecule has 0 aromatic carbocycles. The number of allylic oxidation sites excluding steroid dienone is 1. The number of unbranched alkanes of at least 4 members (excludes halogenated alkanes) is 12. The van der Waals surface area contributed by atoms with Crippen LogP contribution in [0.3, 0.4) is 0 Å². The van der Waals surface area contributed by atoms with Gasteiger partial charge in [0.25, 0.3) is 0 Å². The molecule has 0 amide bonds. The molecule has 0 radical (unpaired) electrons.